The molecule has 7 heteroatoms. The number of nitrogens with one attached hydrogen (secondary N) is 1. The van der Waals surface area contributed by atoms with Gasteiger partial charge < -0.3 is 19.3 Å². The molecule has 26 heavy (non-hydrogen) atoms. The van der Waals surface area contributed by atoms with Crippen LogP contribution in [0.2, 0.25) is 0 Å². The van der Waals surface area contributed by atoms with Crippen molar-refractivity contribution in [2.45, 2.75) is 19.6 Å². The number of nitrogens with zero attached hydrogens (tertiary/aromatic N) is 3. The van der Waals surface area contributed by atoms with Gasteiger partial charge in [0.2, 0.25) is 0 Å². The van der Waals surface area contributed by atoms with Gasteiger partial charge in [-0.25, -0.2) is 0 Å². The monoisotopic (exact) mass is 359 g/mol. The van der Waals surface area contributed by atoms with E-state index in [9.17, 15) is 4.79 Å². The average Bonchev–Trinajstić information content (AvgIpc) is 2.91. The first kappa shape index (κ1) is 18.3. The normalized spacial score (nSPS) is 16.0. The quantitative estimate of drug-likeness (QED) is 0.791. The SMILES string of the molecule is Cc1cc(CN(C[C@@H]2COc3ccccc3O2)C(=O)C[NH+](C)C)n(C)n1. The lowest BCUT2D eigenvalue weighted by molar-refractivity contribution is -0.849. The Balaban J connectivity index is 1.73. The van der Waals surface area contributed by atoms with Gasteiger partial charge in [0, 0.05) is 7.05 Å². The molecule has 0 radical (unpaired) electrons. The van der Waals surface area contributed by atoms with Crippen LogP contribution in [0.15, 0.2) is 30.3 Å². The number of carbonyl (C=O) groups excluding carboxylic acids is 1. The molecule has 0 aliphatic carbocycles. The molecule has 140 valence electrons. The number of amides is 1. The van der Waals surface area contributed by atoms with Crippen molar-refractivity contribution in [2.75, 3.05) is 33.8 Å². The Morgan fingerprint density at radius 3 is 2.73 bits per heavy atom. The van der Waals surface area contributed by atoms with Crippen LogP contribution in [0.5, 0.6) is 11.5 Å². The number of para-hydroxylation sites is 2. The van der Waals surface area contributed by atoms with E-state index in [0.717, 1.165) is 27.8 Å². The summed E-state index contributed by atoms with van der Waals surface area (Å²) in [7, 11) is 5.85. The van der Waals surface area contributed by atoms with E-state index in [1.54, 1.807) is 0 Å². The number of benzene rings is 1. The number of quaternary nitrogens is 1. The summed E-state index contributed by atoms with van der Waals surface area (Å²) in [6.07, 6.45) is -0.194. The zero-order valence-electron chi connectivity index (χ0n) is 15.9. The molecular weight excluding hydrogens is 332 g/mol. The van der Waals surface area contributed by atoms with Gasteiger partial charge in [-0.15, -0.1) is 0 Å². The minimum atomic E-state index is -0.194. The number of ether oxygens (including phenoxy) is 2. The predicted octanol–water partition coefficient (Wildman–Crippen LogP) is 0.0416. The molecule has 0 saturated carbocycles. The highest BCUT2D eigenvalue weighted by atomic mass is 16.6. The largest absolute Gasteiger partial charge is 0.486 e. The summed E-state index contributed by atoms with van der Waals surface area (Å²) in [5.41, 5.74) is 1.95. The maximum Gasteiger partial charge on any atom is 0.278 e. The van der Waals surface area contributed by atoms with E-state index in [0.29, 0.717) is 26.2 Å². The molecular formula is C19H27N4O3+. The first-order chi connectivity index (χ1) is 12.4. The number of hydrogen-bond acceptors (Lipinski definition) is 4. The van der Waals surface area contributed by atoms with Crippen LogP contribution in [0, 0.1) is 6.92 Å². The third-order valence-corrected chi connectivity index (χ3v) is 4.30. The molecule has 3 rings (SSSR count). The number of carbonyl (C=O) groups is 1. The molecule has 2 aromatic rings. The Morgan fingerprint density at radius 2 is 2.08 bits per heavy atom. The number of aryl methyl sites for hydroxylation is 2. The van der Waals surface area contributed by atoms with Crippen LogP contribution in [0.25, 0.3) is 0 Å². The number of aromatic nitrogens is 2. The Hall–Kier alpha value is -2.54. The van der Waals surface area contributed by atoms with Crippen molar-refractivity contribution in [1.82, 2.24) is 14.7 Å². The van der Waals surface area contributed by atoms with Crippen molar-refractivity contribution in [3.63, 3.8) is 0 Å². The summed E-state index contributed by atoms with van der Waals surface area (Å²) >= 11 is 0. The van der Waals surface area contributed by atoms with Crippen molar-refractivity contribution >= 4 is 5.91 Å². The number of likely N-dealkylation sites (N-methyl/N-ethyl adjacent to an activating group) is 1. The standard InChI is InChI=1S/C19H26N4O3/c1-14-9-15(22(4)20-14)10-23(19(24)12-21(2)3)11-16-13-25-17-7-5-6-8-18(17)26-16/h5-9,16H,10-13H2,1-4H3/p+1/t16-/m1/s1. The Kier molecular flexibility index (Phi) is 5.46. The van der Waals surface area contributed by atoms with Gasteiger partial charge in [0.1, 0.15) is 6.61 Å². The van der Waals surface area contributed by atoms with Crippen molar-refractivity contribution in [3.8, 4) is 11.5 Å². The smallest absolute Gasteiger partial charge is 0.278 e. The highest BCUT2D eigenvalue weighted by Gasteiger charge is 2.27. The molecule has 1 aromatic carbocycles. The summed E-state index contributed by atoms with van der Waals surface area (Å²) in [5, 5.41) is 4.38. The van der Waals surface area contributed by atoms with E-state index < -0.39 is 0 Å². The van der Waals surface area contributed by atoms with Gasteiger partial charge in [-0.1, -0.05) is 12.1 Å². The Morgan fingerprint density at radius 1 is 1.35 bits per heavy atom. The second kappa shape index (κ2) is 7.78. The van der Waals surface area contributed by atoms with Crippen LogP contribution in [-0.4, -0.2) is 60.5 Å². The maximum absolute atomic E-state index is 12.8. The molecule has 1 aliphatic rings. The van der Waals surface area contributed by atoms with Crippen LogP contribution in [0.1, 0.15) is 11.4 Å². The fraction of sp³-hybridized carbons (Fsp3) is 0.474. The number of fused-ring (bicyclic) bond motifs is 1. The van der Waals surface area contributed by atoms with Crippen molar-refractivity contribution in [3.05, 3.63) is 41.7 Å². The molecule has 0 saturated heterocycles. The molecule has 0 spiro atoms. The molecule has 1 aromatic heterocycles. The summed E-state index contributed by atoms with van der Waals surface area (Å²) in [5.74, 6) is 1.57. The van der Waals surface area contributed by atoms with Gasteiger partial charge in [-0.05, 0) is 25.1 Å². The first-order valence-electron chi connectivity index (χ1n) is 8.87. The summed E-state index contributed by atoms with van der Waals surface area (Å²) < 4.78 is 13.7. The lowest BCUT2D eigenvalue weighted by atomic mass is 10.2. The van der Waals surface area contributed by atoms with E-state index in [4.69, 9.17) is 9.47 Å². The summed E-state index contributed by atoms with van der Waals surface area (Å²) in [4.78, 5) is 15.7. The van der Waals surface area contributed by atoms with Gasteiger partial charge in [0.25, 0.3) is 5.91 Å². The second-order valence-corrected chi connectivity index (χ2v) is 7.06. The maximum atomic E-state index is 12.8. The van der Waals surface area contributed by atoms with Gasteiger partial charge in [0.15, 0.2) is 24.1 Å². The molecule has 0 fully saturated rings. The lowest BCUT2D eigenvalue weighted by Gasteiger charge is -2.31. The average molecular weight is 359 g/mol. The molecule has 7 nitrogen and oxygen atoms in total. The molecule has 2 heterocycles. The number of hydrogen-bond donors (Lipinski definition) is 1. The van der Waals surface area contributed by atoms with Crippen LogP contribution in [0.3, 0.4) is 0 Å². The molecule has 0 unspecified atom stereocenters. The third-order valence-electron chi connectivity index (χ3n) is 4.30. The predicted molar refractivity (Wildman–Crippen MR) is 97.4 cm³/mol. The lowest BCUT2D eigenvalue weighted by Crippen LogP contribution is -3.07. The number of rotatable bonds is 6. The fourth-order valence-corrected chi connectivity index (χ4v) is 3.08. The molecule has 1 amide bonds. The first-order valence-corrected chi connectivity index (χ1v) is 8.87. The highest BCUT2D eigenvalue weighted by molar-refractivity contribution is 5.77. The molecule has 0 bridgehead atoms. The Bertz CT molecular complexity index is 772. The van der Waals surface area contributed by atoms with Gasteiger partial charge in [-0.3, -0.25) is 9.48 Å². The zero-order chi connectivity index (χ0) is 18.7. The van der Waals surface area contributed by atoms with Crippen LogP contribution >= 0.6 is 0 Å². The molecule has 1 aliphatic heterocycles. The van der Waals surface area contributed by atoms with E-state index in [1.807, 2.05) is 68.0 Å². The van der Waals surface area contributed by atoms with Crippen LogP contribution < -0.4 is 14.4 Å². The highest BCUT2D eigenvalue weighted by Crippen LogP contribution is 2.31. The van der Waals surface area contributed by atoms with E-state index in [1.165, 1.54) is 0 Å². The van der Waals surface area contributed by atoms with E-state index in [-0.39, 0.29) is 12.0 Å². The van der Waals surface area contributed by atoms with Gasteiger partial charge >= 0.3 is 0 Å². The summed E-state index contributed by atoms with van der Waals surface area (Å²) in [6, 6.07) is 9.63. The second-order valence-electron chi connectivity index (χ2n) is 7.06. The summed E-state index contributed by atoms with van der Waals surface area (Å²) in [6.45, 7) is 3.80. The fourth-order valence-electron chi connectivity index (χ4n) is 3.08. The van der Waals surface area contributed by atoms with Gasteiger partial charge in [-0.2, -0.15) is 5.10 Å². The minimum absolute atomic E-state index is 0.0892. The molecule has 1 N–H and O–H groups in total. The van der Waals surface area contributed by atoms with Gasteiger partial charge in [0.05, 0.1) is 38.6 Å². The zero-order valence-corrected chi connectivity index (χ0v) is 15.9. The van der Waals surface area contributed by atoms with Crippen molar-refractivity contribution in [2.24, 2.45) is 7.05 Å². The van der Waals surface area contributed by atoms with E-state index >= 15 is 0 Å². The Labute approximate surface area is 154 Å². The van der Waals surface area contributed by atoms with Crippen molar-refractivity contribution < 1.29 is 19.2 Å². The van der Waals surface area contributed by atoms with Crippen LogP contribution in [-0.2, 0) is 18.4 Å². The molecule has 1 atom stereocenters. The van der Waals surface area contributed by atoms with Crippen LogP contribution in [0.4, 0.5) is 0 Å². The minimum Gasteiger partial charge on any atom is -0.486 e. The topological polar surface area (TPSA) is 61.0 Å². The van der Waals surface area contributed by atoms with Crippen molar-refractivity contribution in [1.29, 1.82) is 0 Å². The third kappa shape index (κ3) is 4.35. The van der Waals surface area contributed by atoms with E-state index in [2.05, 4.69) is 5.10 Å².